The number of benzene rings is 4. The summed E-state index contributed by atoms with van der Waals surface area (Å²) in [4.78, 5) is 12.8. The molecule has 0 N–H and O–H groups in total. The van der Waals surface area contributed by atoms with Gasteiger partial charge in [-0.2, -0.15) is 0 Å². The first-order chi connectivity index (χ1) is 15.1. The third-order valence-corrected chi connectivity index (χ3v) is 5.06. The summed E-state index contributed by atoms with van der Waals surface area (Å²) in [6, 6.07) is 30.3. The lowest BCUT2D eigenvalue weighted by molar-refractivity contribution is 0.103. The van der Waals surface area contributed by atoms with Crippen LogP contribution in [0.15, 0.2) is 97.1 Å². The van der Waals surface area contributed by atoms with Gasteiger partial charge in [0.25, 0.3) is 0 Å². The number of aryl methyl sites for hydroxylation is 2. The summed E-state index contributed by atoms with van der Waals surface area (Å²) in [6.45, 7) is 4.16. The van der Waals surface area contributed by atoms with Gasteiger partial charge in [0.1, 0.15) is 23.0 Å². The number of ether oxygens (including phenoxy) is 2. The highest BCUT2D eigenvalue weighted by atomic mass is 16.5. The molecule has 0 fully saturated rings. The molecule has 0 aromatic heterocycles. The van der Waals surface area contributed by atoms with E-state index in [0.29, 0.717) is 22.6 Å². The van der Waals surface area contributed by atoms with E-state index in [1.54, 1.807) is 24.3 Å². The van der Waals surface area contributed by atoms with Crippen molar-refractivity contribution in [3.63, 3.8) is 0 Å². The molecule has 31 heavy (non-hydrogen) atoms. The lowest BCUT2D eigenvalue weighted by Crippen LogP contribution is -2.01. The smallest absolute Gasteiger partial charge is 0.193 e. The maximum absolute atomic E-state index is 12.8. The Labute approximate surface area is 182 Å². The number of hydrogen-bond donors (Lipinski definition) is 0. The highest BCUT2D eigenvalue weighted by Crippen LogP contribution is 2.25. The van der Waals surface area contributed by atoms with E-state index in [0.717, 1.165) is 17.9 Å². The van der Waals surface area contributed by atoms with Gasteiger partial charge in [-0.15, -0.1) is 0 Å². The average Bonchev–Trinajstić information content (AvgIpc) is 2.82. The summed E-state index contributed by atoms with van der Waals surface area (Å²) in [5.41, 5.74) is 3.67. The van der Waals surface area contributed by atoms with Gasteiger partial charge < -0.3 is 9.47 Å². The van der Waals surface area contributed by atoms with Gasteiger partial charge >= 0.3 is 0 Å². The van der Waals surface area contributed by atoms with Crippen LogP contribution in [0.3, 0.4) is 0 Å². The minimum Gasteiger partial charge on any atom is -0.457 e. The number of carbonyl (C=O) groups excluding carboxylic acids is 1. The van der Waals surface area contributed by atoms with Crippen LogP contribution in [-0.2, 0) is 6.42 Å². The Morgan fingerprint density at radius 1 is 0.581 bits per heavy atom. The predicted octanol–water partition coefficient (Wildman–Crippen LogP) is 7.37. The molecule has 0 unspecified atom stereocenters. The molecule has 0 radical (unpaired) electrons. The molecule has 0 saturated carbocycles. The molecular formula is C28H24O3. The second kappa shape index (κ2) is 9.31. The van der Waals surface area contributed by atoms with Gasteiger partial charge in [0.05, 0.1) is 0 Å². The molecule has 4 rings (SSSR count). The van der Waals surface area contributed by atoms with Gasteiger partial charge in [0.2, 0.25) is 0 Å². The first-order valence-corrected chi connectivity index (χ1v) is 10.4. The van der Waals surface area contributed by atoms with Gasteiger partial charge in [-0.05, 0) is 91.7 Å². The minimum absolute atomic E-state index is 0.0410. The SMILES string of the molecule is CCc1ccc(Oc2ccc(C(=O)c3ccc(Oc4ccc(C)cc4)cc3)cc2)cc1. The van der Waals surface area contributed by atoms with Crippen molar-refractivity contribution in [3.05, 3.63) is 119 Å². The Hall–Kier alpha value is -3.85. The van der Waals surface area contributed by atoms with Crippen molar-refractivity contribution in [2.24, 2.45) is 0 Å². The highest BCUT2D eigenvalue weighted by molar-refractivity contribution is 6.09. The van der Waals surface area contributed by atoms with Crippen LogP contribution in [0.2, 0.25) is 0 Å². The minimum atomic E-state index is -0.0410. The second-order valence-electron chi connectivity index (χ2n) is 7.39. The Bertz CT molecular complexity index is 1140. The van der Waals surface area contributed by atoms with Crippen LogP contribution in [0.1, 0.15) is 34.0 Å². The summed E-state index contributed by atoms with van der Waals surface area (Å²) >= 11 is 0. The molecule has 0 bridgehead atoms. The van der Waals surface area contributed by atoms with Gasteiger partial charge in [0, 0.05) is 11.1 Å². The normalized spacial score (nSPS) is 10.5. The molecule has 0 atom stereocenters. The summed E-state index contributed by atoms with van der Waals surface area (Å²) in [7, 11) is 0. The topological polar surface area (TPSA) is 35.5 Å². The van der Waals surface area contributed by atoms with E-state index >= 15 is 0 Å². The van der Waals surface area contributed by atoms with E-state index < -0.39 is 0 Å². The van der Waals surface area contributed by atoms with E-state index in [2.05, 4.69) is 19.1 Å². The maximum atomic E-state index is 12.8. The summed E-state index contributed by atoms with van der Waals surface area (Å²) in [5, 5.41) is 0. The van der Waals surface area contributed by atoms with E-state index in [1.165, 1.54) is 11.1 Å². The maximum Gasteiger partial charge on any atom is 0.193 e. The van der Waals surface area contributed by atoms with E-state index in [9.17, 15) is 4.79 Å². The largest absolute Gasteiger partial charge is 0.457 e. The van der Waals surface area contributed by atoms with Crippen LogP contribution in [0.5, 0.6) is 23.0 Å². The van der Waals surface area contributed by atoms with Crippen LogP contribution in [0.25, 0.3) is 0 Å². The van der Waals surface area contributed by atoms with Gasteiger partial charge in [-0.1, -0.05) is 36.8 Å². The van der Waals surface area contributed by atoms with Crippen LogP contribution < -0.4 is 9.47 Å². The van der Waals surface area contributed by atoms with E-state index in [-0.39, 0.29) is 5.78 Å². The molecular weight excluding hydrogens is 384 g/mol. The van der Waals surface area contributed by atoms with Crippen molar-refractivity contribution in [1.82, 2.24) is 0 Å². The molecule has 0 aliphatic carbocycles. The van der Waals surface area contributed by atoms with Crippen LogP contribution in [-0.4, -0.2) is 5.78 Å². The van der Waals surface area contributed by atoms with E-state index in [1.807, 2.05) is 67.6 Å². The molecule has 4 aromatic carbocycles. The first kappa shape index (κ1) is 20.4. The molecule has 3 nitrogen and oxygen atoms in total. The van der Waals surface area contributed by atoms with Gasteiger partial charge in [0.15, 0.2) is 5.78 Å². The average molecular weight is 408 g/mol. The zero-order valence-corrected chi connectivity index (χ0v) is 17.7. The van der Waals surface area contributed by atoms with Gasteiger partial charge in [-0.25, -0.2) is 0 Å². The lowest BCUT2D eigenvalue weighted by Gasteiger charge is -2.08. The fraction of sp³-hybridized carbons (Fsp3) is 0.107. The van der Waals surface area contributed by atoms with Crippen LogP contribution >= 0.6 is 0 Å². The fourth-order valence-electron chi connectivity index (χ4n) is 3.19. The summed E-state index contributed by atoms with van der Waals surface area (Å²) in [5.74, 6) is 2.90. The van der Waals surface area contributed by atoms with Crippen molar-refractivity contribution >= 4 is 5.78 Å². The number of hydrogen-bond acceptors (Lipinski definition) is 3. The molecule has 0 amide bonds. The zero-order chi connectivity index (χ0) is 21.6. The monoisotopic (exact) mass is 408 g/mol. The Morgan fingerprint density at radius 3 is 1.32 bits per heavy atom. The number of carbonyl (C=O) groups is 1. The standard InChI is InChI=1S/C28H24O3/c1-3-21-6-14-25(15-7-21)31-27-18-10-23(11-19-27)28(29)22-8-16-26(17-9-22)30-24-12-4-20(2)5-13-24/h4-19H,3H2,1-2H3. The molecule has 0 saturated heterocycles. The number of ketones is 1. The molecule has 154 valence electrons. The van der Waals surface area contributed by atoms with E-state index in [4.69, 9.17) is 9.47 Å². The molecule has 3 heteroatoms. The molecule has 0 spiro atoms. The molecule has 0 heterocycles. The van der Waals surface area contributed by atoms with Crippen LogP contribution in [0, 0.1) is 6.92 Å². The predicted molar refractivity (Wildman–Crippen MR) is 123 cm³/mol. The second-order valence-corrected chi connectivity index (χ2v) is 7.39. The molecule has 0 aliphatic heterocycles. The quantitative estimate of drug-likeness (QED) is 0.299. The zero-order valence-electron chi connectivity index (χ0n) is 17.7. The lowest BCUT2D eigenvalue weighted by atomic mass is 10.0. The third kappa shape index (κ3) is 5.20. The first-order valence-electron chi connectivity index (χ1n) is 10.4. The van der Waals surface area contributed by atoms with Crippen molar-refractivity contribution in [3.8, 4) is 23.0 Å². The Balaban J connectivity index is 1.40. The highest BCUT2D eigenvalue weighted by Gasteiger charge is 2.10. The van der Waals surface area contributed by atoms with Crippen LogP contribution in [0.4, 0.5) is 0 Å². The van der Waals surface area contributed by atoms with Crippen molar-refractivity contribution < 1.29 is 14.3 Å². The van der Waals surface area contributed by atoms with Crippen molar-refractivity contribution in [1.29, 1.82) is 0 Å². The van der Waals surface area contributed by atoms with Gasteiger partial charge in [-0.3, -0.25) is 4.79 Å². The Kier molecular flexibility index (Phi) is 6.13. The van der Waals surface area contributed by atoms with Crippen molar-refractivity contribution in [2.45, 2.75) is 20.3 Å². The summed E-state index contributed by atoms with van der Waals surface area (Å²) < 4.78 is 11.7. The Morgan fingerprint density at radius 2 is 0.935 bits per heavy atom. The molecule has 0 aliphatic rings. The summed E-state index contributed by atoms with van der Waals surface area (Å²) in [6.07, 6.45) is 0.996. The number of rotatable bonds is 7. The van der Waals surface area contributed by atoms with Crippen molar-refractivity contribution in [2.75, 3.05) is 0 Å². The molecule has 4 aromatic rings. The fourth-order valence-corrected chi connectivity index (χ4v) is 3.19. The third-order valence-electron chi connectivity index (χ3n) is 5.06.